The van der Waals surface area contributed by atoms with Crippen molar-refractivity contribution in [1.29, 1.82) is 5.41 Å². The standard InChI is InChI=1S/C32H33N3OS/c1-5-23(36)16-20-13-9-10-14-25(20)37-26-18-22(32(3,4)6-2)15-21-17-24-29(31(34)35-30(24)33)28(27(21)26)19-11-7-8-12-19/h7-15,17-19H,5-6,16H2,1-4H3,(H3,33,34,35). The molecule has 2 aliphatic rings. The fourth-order valence-corrected chi connectivity index (χ4v) is 6.25. The second-order valence-electron chi connectivity index (χ2n) is 10.4. The van der Waals surface area contributed by atoms with E-state index in [1.165, 1.54) is 5.56 Å². The van der Waals surface area contributed by atoms with Crippen LogP contribution in [-0.4, -0.2) is 17.5 Å². The highest BCUT2D eigenvalue weighted by Crippen LogP contribution is 2.46. The molecule has 3 aromatic rings. The van der Waals surface area contributed by atoms with Crippen LogP contribution in [0.3, 0.4) is 0 Å². The number of fused-ring (bicyclic) bond motifs is 2. The monoisotopic (exact) mass is 507 g/mol. The van der Waals surface area contributed by atoms with Gasteiger partial charge in [0, 0.05) is 45.1 Å². The van der Waals surface area contributed by atoms with Crippen LogP contribution in [0.15, 0.2) is 81.6 Å². The van der Waals surface area contributed by atoms with Crippen molar-refractivity contribution >= 4 is 40.0 Å². The van der Waals surface area contributed by atoms with Gasteiger partial charge in [-0.2, -0.15) is 0 Å². The minimum absolute atomic E-state index is 0.0173. The number of carbonyl (C=O) groups is 1. The van der Waals surface area contributed by atoms with E-state index in [-0.39, 0.29) is 23.0 Å². The van der Waals surface area contributed by atoms with Crippen molar-refractivity contribution in [3.05, 3.63) is 94.6 Å². The molecule has 0 saturated heterocycles. The maximum Gasteiger partial charge on any atom is 0.154 e. The Kier molecular flexibility index (Phi) is 6.67. The number of hydrogen-bond donors (Lipinski definition) is 2. The second kappa shape index (κ2) is 9.79. The number of nitrogens with zero attached hydrogens (tertiary/aromatic N) is 1. The number of aliphatic imine (C=N–C) groups is 1. The zero-order valence-electron chi connectivity index (χ0n) is 21.9. The average molecular weight is 508 g/mol. The van der Waals surface area contributed by atoms with E-state index in [0.29, 0.717) is 18.7 Å². The van der Waals surface area contributed by atoms with Gasteiger partial charge in [0.15, 0.2) is 5.84 Å². The molecule has 37 heavy (non-hydrogen) atoms. The van der Waals surface area contributed by atoms with Gasteiger partial charge in [0.1, 0.15) is 11.6 Å². The molecule has 1 aliphatic carbocycles. The molecule has 0 bridgehead atoms. The molecule has 188 valence electrons. The average Bonchev–Trinajstić information content (AvgIpc) is 3.52. The highest BCUT2D eigenvalue weighted by atomic mass is 32.2. The Labute approximate surface area is 223 Å². The molecule has 0 spiro atoms. The van der Waals surface area contributed by atoms with Crippen LogP contribution in [0.5, 0.6) is 0 Å². The Morgan fingerprint density at radius 2 is 1.81 bits per heavy atom. The molecule has 0 fully saturated rings. The summed E-state index contributed by atoms with van der Waals surface area (Å²) in [5, 5.41) is 10.8. The number of amidine groups is 2. The quantitative estimate of drug-likeness (QED) is 0.332. The fraction of sp³-hybridized carbons (Fsp3) is 0.281. The van der Waals surface area contributed by atoms with Gasteiger partial charge in [-0.25, -0.2) is 4.99 Å². The first-order valence-electron chi connectivity index (χ1n) is 12.9. The largest absolute Gasteiger partial charge is 0.383 e. The highest BCUT2D eigenvalue weighted by Gasteiger charge is 2.30. The van der Waals surface area contributed by atoms with Crippen molar-refractivity contribution in [3.8, 4) is 0 Å². The number of allylic oxidation sites excluding steroid dienone is 4. The predicted molar refractivity (Wildman–Crippen MR) is 155 cm³/mol. The van der Waals surface area contributed by atoms with Crippen LogP contribution in [0, 0.1) is 5.41 Å². The lowest BCUT2D eigenvalue weighted by Gasteiger charge is -2.27. The van der Waals surface area contributed by atoms with E-state index in [1.807, 2.05) is 19.1 Å². The molecule has 3 N–H and O–H groups in total. The zero-order valence-corrected chi connectivity index (χ0v) is 22.7. The lowest BCUT2D eigenvalue weighted by Crippen LogP contribution is -2.17. The second-order valence-corrected chi connectivity index (χ2v) is 11.5. The van der Waals surface area contributed by atoms with Gasteiger partial charge in [-0.3, -0.25) is 10.2 Å². The molecule has 0 saturated carbocycles. The summed E-state index contributed by atoms with van der Waals surface area (Å²) in [5.41, 5.74) is 11.5. The molecule has 0 atom stereocenters. The van der Waals surface area contributed by atoms with Crippen molar-refractivity contribution < 1.29 is 4.79 Å². The van der Waals surface area contributed by atoms with E-state index in [0.717, 1.165) is 49.2 Å². The summed E-state index contributed by atoms with van der Waals surface area (Å²) in [6.45, 7) is 8.68. The SMILES string of the molecule is CCC(=O)Cc1ccccc1Sc1cc(C(C)(C)CC)cc2cc3c(c(C4C=CC=C4)c12)C(N)=NC3=N. The van der Waals surface area contributed by atoms with E-state index in [1.54, 1.807) is 11.8 Å². The number of rotatable bonds is 8. The fourth-order valence-electron chi connectivity index (χ4n) is 5.07. The van der Waals surface area contributed by atoms with Crippen molar-refractivity contribution in [2.24, 2.45) is 10.7 Å². The molecule has 1 aliphatic heterocycles. The summed E-state index contributed by atoms with van der Waals surface area (Å²) >= 11 is 1.72. The molecule has 0 amide bonds. The normalized spacial score (nSPS) is 15.0. The molecule has 5 heteroatoms. The smallest absolute Gasteiger partial charge is 0.154 e. The van der Waals surface area contributed by atoms with Crippen LogP contribution in [0.4, 0.5) is 0 Å². The molecule has 5 rings (SSSR count). The van der Waals surface area contributed by atoms with Gasteiger partial charge in [0.25, 0.3) is 0 Å². The molecule has 1 heterocycles. The number of Topliss-reactive ketones (excluding diaryl/α,β-unsaturated/α-hetero) is 1. The van der Waals surface area contributed by atoms with E-state index >= 15 is 0 Å². The van der Waals surface area contributed by atoms with Gasteiger partial charge < -0.3 is 5.73 Å². The Balaban J connectivity index is 1.81. The van der Waals surface area contributed by atoms with Gasteiger partial charge in [-0.1, -0.05) is 88.0 Å². The van der Waals surface area contributed by atoms with Gasteiger partial charge in [-0.05, 0) is 52.1 Å². The number of nitrogens with two attached hydrogens (primary N) is 1. The molecule has 0 aromatic heterocycles. The topological polar surface area (TPSA) is 79.3 Å². The number of nitrogens with one attached hydrogen (secondary N) is 1. The van der Waals surface area contributed by atoms with Crippen molar-refractivity contribution in [3.63, 3.8) is 0 Å². The van der Waals surface area contributed by atoms with Crippen molar-refractivity contribution in [2.75, 3.05) is 0 Å². The maximum atomic E-state index is 12.4. The van der Waals surface area contributed by atoms with Crippen LogP contribution in [0.2, 0.25) is 0 Å². The summed E-state index contributed by atoms with van der Waals surface area (Å²) in [6.07, 6.45) is 10.5. The predicted octanol–water partition coefficient (Wildman–Crippen LogP) is 7.45. The molecular weight excluding hydrogens is 474 g/mol. The summed E-state index contributed by atoms with van der Waals surface area (Å²) in [5.74, 6) is 0.923. The third-order valence-corrected chi connectivity index (χ3v) is 8.87. The Bertz CT molecular complexity index is 1510. The third kappa shape index (κ3) is 4.57. The number of benzene rings is 3. The van der Waals surface area contributed by atoms with Crippen LogP contribution in [0.25, 0.3) is 10.8 Å². The summed E-state index contributed by atoms with van der Waals surface area (Å²) in [6, 6.07) is 14.9. The Morgan fingerprint density at radius 3 is 2.51 bits per heavy atom. The van der Waals surface area contributed by atoms with Crippen molar-refractivity contribution in [1.82, 2.24) is 0 Å². The number of hydrogen-bond acceptors (Lipinski definition) is 4. The van der Waals surface area contributed by atoms with Gasteiger partial charge >= 0.3 is 0 Å². The summed E-state index contributed by atoms with van der Waals surface area (Å²) < 4.78 is 0. The van der Waals surface area contributed by atoms with E-state index in [2.05, 4.69) is 80.4 Å². The van der Waals surface area contributed by atoms with E-state index < -0.39 is 0 Å². The van der Waals surface area contributed by atoms with Gasteiger partial charge in [-0.15, -0.1) is 0 Å². The van der Waals surface area contributed by atoms with Crippen LogP contribution in [-0.2, 0) is 16.6 Å². The lowest BCUT2D eigenvalue weighted by molar-refractivity contribution is -0.118. The Morgan fingerprint density at radius 1 is 1.08 bits per heavy atom. The Hall–Kier alpha value is -3.44. The first kappa shape index (κ1) is 25.2. The molecule has 0 unspecified atom stereocenters. The van der Waals surface area contributed by atoms with Gasteiger partial charge in [0.05, 0.1) is 0 Å². The maximum absolute atomic E-state index is 12.4. The van der Waals surface area contributed by atoms with Crippen LogP contribution in [0.1, 0.15) is 74.3 Å². The molecule has 3 aromatic carbocycles. The van der Waals surface area contributed by atoms with Crippen LogP contribution >= 0.6 is 11.8 Å². The van der Waals surface area contributed by atoms with Crippen molar-refractivity contribution in [2.45, 2.75) is 68.1 Å². The molecular formula is C32H33N3OS. The molecule has 0 radical (unpaired) electrons. The summed E-state index contributed by atoms with van der Waals surface area (Å²) in [4.78, 5) is 19.0. The van der Waals surface area contributed by atoms with Crippen LogP contribution < -0.4 is 5.73 Å². The zero-order chi connectivity index (χ0) is 26.3. The lowest BCUT2D eigenvalue weighted by atomic mass is 9.79. The first-order chi connectivity index (χ1) is 17.7. The van der Waals surface area contributed by atoms with E-state index in [4.69, 9.17) is 11.1 Å². The number of ketones is 1. The van der Waals surface area contributed by atoms with E-state index in [9.17, 15) is 4.79 Å². The minimum atomic E-state index is -0.0173. The summed E-state index contributed by atoms with van der Waals surface area (Å²) in [7, 11) is 0. The first-order valence-corrected chi connectivity index (χ1v) is 13.8. The minimum Gasteiger partial charge on any atom is -0.383 e. The molecule has 4 nitrogen and oxygen atoms in total. The third-order valence-electron chi connectivity index (χ3n) is 7.71. The van der Waals surface area contributed by atoms with Gasteiger partial charge in [0.2, 0.25) is 0 Å². The number of carbonyl (C=O) groups excluding carboxylic acids is 1. The highest BCUT2D eigenvalue weighted by molar-refractivity contribution is 7.99.